The summed E-state index contributed by atoms with van der Waals surface area (Å²) in [6.07, 6.45) is 12.5. The number of rotatable bonds is 2. The van der Waals surface area contributed by atoms with Crippen molar-refractivity contribution in [2.45, 2.75) is 0 Å². The van der Waals surface area contributed by atoms with Gasteiger partial charge >= 0.3 is 0 Å². The van der Waals surface area contributed by atoms with E-state index in [4.69, 9.17) is 0 Å². The lowest BCUT2D eigenvalue weighted by molar-refractivity contribution is 0.971. The van der Waals surface area contributed by atoms with Gasteiger partial charge in [0.15, 0.2) is 0 Å². The molecule has 0 unspecified atom stereocenters. The summed E-state index contributed by atoms with van der Waals surface area (Å²) in [6.45, 7) is 0. The van der Waals surface area contributed by atoms with Gasteiger partial charge in [-0.15, -0.1) is 0 Å². The summed E-state index contributed by atoms with van der Waals surface area (Å²) in [6, 6.07) is 3.93. The minimum Gasteiger partial charge on any atom is -0.305 e. The van der Waals surface area contributed by atoms with Crippen LogP contribution in [-0.2, 0) is 0 Å². The number of aromatic nitrogens is 5. The van der Waals surface area contributed by atoms with E-state index in [0.717, 1.165) is 11.5 Å². The Kier molecular flexibility index (Phi) is 2.00. The van der Waals surface area contributed by atoms with Crippen LogP contribution in [0, 0.1) is 0 Å². The molecule has 3 aromatic rings. The van der Waals surface area contributed by atoms with Crippen molar-refractivity contribution in [2.75, 3.05) is 0 Å². The average Bonchev–Trinajstić information content (AvgIpc) is 3.03. The molecule has 0 bridgehead atoms. The maximum Gasteiger partial charge on any atom is 0.137 e. The summed E-state index contributed by atoms with van der Waals surface area (Å²) in [5.41, 5.74) is 0.987. The zero-order valence-corrected chi connectivity index (χ0v) is 8.43. The van der Waals surface area contributed by atoms with E-state index in [9.17, 15) is 0 Å². The summed E-state index contributed by atoms with van der Waals surface area (Å²) >= 11 is 0. The van der Waals surface area contributed by atoms with E-state index in [0.29, 0.717) is 0 Å². The monoisotopic (exact) mass is 211 g/mol. The Labute approximate surface area is 92.0 Å². The molecule has 0 aliphatic heterocycles. The molecule has 16 heavy (non-hydrogen) atoms. The minimum absolute atomic E-state index is 0.848. The maximum absolute atomic E-state index is 4.35. The van der Waals surface area contributed by atoms with Crippen molar-refractivity contribution in [1.29, 1.82) is 0 Å². The Bertz CT molecular complexity index is 498. The largest absolute Gasteiger partial charge is 0.305 e. The van der Waals surface area contributed by atoms with Gasteiger partial charge < -0.3 is 4.57 Å². The first-order valence-electron chi connectivity index (χ1n) is 4.86. The first-order valence-corrected chi connectivity index (χ1v) is 4.86. The highest BCUT2D eigenvalue weighted by Gasteiger charge is 1.98. The Morgan fingerprint density at radius 1 is 0.875 bits per heavy atom. The highest BCUT2D eigenvalue weighted by Crippen LogP contribution is 2.08. The lowest BCUT2D eigenvalue weighted by Crippen LogP contribution is -1.96. The van der Waals surface area contributed by atoms with Gasteiger partial charge in [0.2, 0.25) is 0 Å². The molecule has 0 aliphatic carbocycles. The number of nitrogens with zero attached hydrogens (tertiary/aromatic N) is 5. The second kappa shape index (κ2) is 3.62. The van der Waals surface area contributed by atoms with Gasteiger partial charge in [-0.25, -0.2) is 15.0 Å². The van der Waals surface area contributed by atoms with Gasteiger partial charge in [0, 0.05) is 24.8 Å². The minimum atomic E-state index is 0.848. The molecule has 5 heteroatoms. The van der Waals surface area contributed by atoms with Gasteiger partial charge in [-0.1, -0.05) is 0 Å². The summed E-state index contributed by atoms with van der Waals surface area (Å²) in [7, 11) is 0. The third-order valence-corrected chi connectivity index (χ3v) is 2.30. The highest BCUT2D eigenvalue weighted by molar-refractivity contribution is 5.34. The van der Waals surface area contributed by atoms with E-state index in [1.54, 1.807) is 31.2 Å². The van der Waals surface area contributed by atoms with E-state index in [1.165, 1.54) is 0 Å². The molecule has 0 atom stereocenters. The van der Waals surface area contributed by atoms with Crippen LogP contribution in [0.25, 0.3) is 11.5 Å². The summed E-state index contributed by atoms with van der Waals surface area (Å²) < 4.78 is 3.77. The fraction of sp³-hybridized carbons (Fsp3) is 0. The van der Waals surface area contributed by atoms with Crippen LogP contribution in [0.5, 0.6) is 0 Å². The standard InChI is InChI=1S/C11H9N5/c1-2-11(16-6-4-13-9-16)14-7-10(1)15-5-3-12-8-15/h1-9H. The molecule has 0 spiro atoms. The fourth-order valence-corrected chi connectivity index (χ4v) is 1.49. The molecule has 0 N–H and O–H groups in total. The number of hydrogen-bond acceptors (Lipinski definition) is 3. The summed E-state index contributed by atoms with van der Waals surface area (Å²) in [4.78, 5) is 12.3. The van der Waals surface area contributed by atoms with Crippen molar-refractivity contribution in [3.63, 3.8) is 0 Å². The van der Waals surface area contributed by atoms with Gasteiger partial charge in [-0.2, -0.15) is 0 Å². The van der Waals surface area contributed by atoms with Crippen LogP contribution in [0.4, 0.5) is 0 Å². The van der Waals surface area contributed by atoms with Crippen molar-refractivity contribution in [1.82, 2.24) is 24.1 Å². The Morgan fingerprint density at radius 3 is 2.19 bits per heavy atom. The Hall–Kier alpha value is -2.43. The normalized spacial score (nSPS) is 10.5. The van der Waals surface area contributed by atoms with Crippen molar-refractivity contribution in [2.24, 2.45) is 0 Å². The average molecular weight is 211 g/mol. The fourth-order valence-electron chi connectivity index (χ4n) is 1.49. The lowest BCUT2D eigenvalue weighted by atomic mass is 10.4. The van der Waals surface area contributed by atoms with Gasteiger partial charge in [-0.3, -0.25) is 4.57 Å². The van der Waals surface area contributed by atoms with Crippen LogP contribution < -0.4 is 0 Å². The summed E-state index contributed by atoms with van der Waals surface area (Å²) in [5.74, 6) is 0.848. The number of imidazole rings is 2. The first-order chi connectivity index (χ1) is 7.93. The Balaban J connectivity index is 1.97. The molecule has 0 radical (unpaired) electrons. The summed E-state index contributed by atoms with van der Waals surface area (Å²) in [5, 5.41) is 0. The molecule has 0 amide bonds. The van der Waals surface area contributed by atoms with Gasteiger partial charge in [0.05, 0.1) is 18.2 Å². The second-order valence-corrected chi connectivity index (χ2v) is 3.31. The van der Waals surface area contributed by atoms with Crippen molar-refractivity contribution < 1.29 is 0 Å². The highest BCUT2D eigenvalue weighted by atomic mass is 15.1. The molecule has 0 aromatic carbocycles. The molecular weight excluding hydrogens is 202 g/mol. The molecule has 0 saturated carbocycles. The van der Waals surface area contributed by atoms with Crippen LogP contribution in [0.15, 0.2) is 55.8 Å². The SMILES string of the molecule is c1cn(-c2ccc(-n3ccnc3)nc2)cn1. The molecule has 3 aromatic heterocycles. The zero-order chi connectivity index (χ0) is 10.8. The smallest absolute Gasteiger partial charge is 0.137 e. The van der Waals surface area contributed by atoms with E-state index in [2.05, 4.69) is 15.0 Å². The van der Waals surface area contributed by atoms with Crippen LogP contribution in [0.2, 0.25) is 0 Å². The van der Waals surface area contributed by atoms with Gasteiger partial charge in [0.25, 0.3) is 0 Å². The van der Waals surface area contributed by atoms with E-state index < -0.39 is 0 Å². The molecule has 5 nitrogen and oxygen atoms in total. The quantitative estimate of drug-likeness (QED) is 0.644. The van der Waals surface area contributed by atoms with E-state index >= 15 is 0 Å². The van der Waals surface area contributed by atoms with E-state index in [-0.39, 0.29) is 0 Å². The second-order valence-electron chi connectivity index (χ2n) is 3.31. The zero-order valence-electron chi connectivity index (χ0n) is 8.43. The molecule has 3 heterocycles. The Morgan fingerprint density at radius 2 is 1.62 bits per heavy atom. The predicted octanol–water partition coefficient (Wildman–Crippen LogP) is 1.45. The number of hydrogen-bond donors (Lipinski definition) is 0. The lowest BCUT2D eigenvalue weighted by Gasteiger charge is -2.03. The van der Waals surface area contributed by atoms with Crippen LogP contribution in [0.1, 0.15) is 0 Å². The first kappa shape index (κ1) is 8.84. The molecule has 0 aliphatic rings. The molecule has 0 fully saturated rings. The van der Waals surface area contributed by atoms with Crippen LogP contribution >= 0.6 is 0 Å². The number of pyridine rings is 1. The van der Waals surface area contributed by atoms with Crippen molar-refractivity contribution in [3.05, 3.63) is 55.8 Å². The maximum atomic E-state index is 4.35. The third kappa shape index (κ3) is 1.48. The molecular formula is C11H9N5. The van der Waals surface area contributed by atoms with E-state index in [1.807, 2.05) is 33.7 Å². The van der Waals surface area contributed by atoms with Crippen LogP contribution in [0.3, 0.4) is 0 Å². The molecule has 0 saturated heterocycles. The van der Waals surface area contributed by atoms with Gasteiger partial charge in [0.1, 0.15) is 12.1 Å². The third-order valence-electron chi connectivity index (χ3n) is 2.30. The molecule has 3 rings (SSSR count). The van der Waals surface area contributed by atoms with Crippen molar-refractivity contribution >= 4 is 0 Å². The van der Waals surface area contributed by atoms with Gasteiger partial charge in [-0.05, 0) is 12.1 Å². The predicted molar refractivity (Wildman–Crippen MR) is 58.5 cm³/mol. The topological polar surface area (TPSA) is 48.5 Å². The molecule has 78 valence electrons. The van der Waals surface area contributed by atoms with Crippen LogP contribution in [-0.4, -0.2) is 24.1 Å². The van der Waals surface area contributed by atoms with Crippen molar-refractivity contribution in [3.8, 4) is 11.5 Å².